The summed E-state index contributed by atoms with van der Waals surface area (Å²) in [5.74, 6) is 0. The minimum absolute atomic E-state index is 0.300. The van der Waals surface area contributed by atoms with Gasteiger partial charge in [-0.25, -0.2) is 0 Å². The molecule has 2 nitrogen and oxygen atoms in total. The lowest BCUT2D eigenvalue weighted by atomic mass is 9.95. The van der Waals surface area contributed by atoms with Crippen LogP contribution in [0.4, 0.5) is 0 Å². The summed E-state index contributed by atoms with van der Waals surface area (Å²) in [7, 11) is 4.62. The van der Waals surface area contributed by atoms with Crippen LogP contribution in [-0.4, -0.2) is 36.8 Å². The normalized spacial score (nSPS) is 11.8. The smallest absolute Gasteiger partial charge is 0.140 e. The van der Waals surface area contributed by atoms with Crippen molar-refractivity contribution in [2.24, 2.45) is 0 Å². The Morgan fingerprint density at radius 1 is 0.773 bits per heavy atom. The molecule has 0 spiro atoms. The molecule has 2 heteroatoms. The Hall–Kier alpha value is -1.64. The molecular formula is C20H28NO+. The summed E-state index contributed by atoms with van der Waals surface area (Å²) in [6, 6.07) is 21.9. The molecule has 0 bridgehead atoms. The number of nitrogens with zero attached hydrogens (tertiary/aromatic N) is 1. The summed E-state index contributed by atoms with van der Waals surface area (Å²) >= 11 is 0. The largest absolute Gasteiger partial charge is 0.396 e. The van der Waals surface area contributed by atoms with E-state index in [4.69, 9.17) is 5.11 Å². The van der Waals surface area contributed by atoms with Crippen LogP contribution in [0.15, 0.2) is 60.7 Å². The van der Waals surface area contributed by atoms with E-state index in [1.807, 2.05) is 0 Å². The zero-order valence-corrected chi connectivity index (χ0v) is 13.8. The third-order valence-electron chi connectivity index (χ3n) is 4.32. The number of aliphatic hydroxyl groups is 1. The Labute approximate surface area is 134 Å². The third-order valence-corrected chi connectivity index (χ3v) is 4.32. The first-order valence-electron chi connectivity index (χ1n) is 8.18. The van der Waals surface area contributed by atoms with Gasteiger partial charge in [0.15, 0.2) is 0 Å². The summed E-state index contributed by atoms with van der Waals surface area (Å²) in [4.78, 5) is 0. The van der Waals surface area contributed by atoms with Crippen molar-refractivity contribution in [3.63, 3.8) is 0 Å². The van der Waals surface area contributed by atoms with Crippen molar-refractivity contribution >= 4 is 0 Å². The lowest BCUT2D eigenvalue weighted by Crippen LogP contribution is -2.44. The summed E-state index contributed by atoms with van der Waals surface area (Å²) < 4.78 is 0.930. The topological polar surface area (TPSA) is 20.2 Å². The molecule has 0 fully saturated rings. The maximum absolute atomic E-state index is 8.96. The van der Waals surface area contributed by atoms with E-state index in [-0.39, 0.29) is 0 Å². The predicted octanol–water partition coefficient (Wildman–Crippen LogP) is 4.02. The summed E-state index contributed by atoms with van der Waals surface area (Å²) in [6.45, 7) is 1.41. The van der Waals surface area contributed by atoms with Crippen LogP contribution in [0.1, 0.15) is 36.4 Å². The highest BCUT2D eigenvalue weighted by Gasteiger charge is 2.30. The van der Waals surface area contributed by atoms with Gasteiger partial charge in [0.1, 0.15) is 6.04 Å². The Morgan fingerprint density at radius 3 is 1.73 bits per heavy atom. The first-order chi connectivity index (χ1) is 10.6. The number of aliphatic hydroxyl groups excluding tert-OH is 1. The molecule has 2 aromatic rings. The molecule has 0 atom stereocenters. The van der Waals surface area contributed by atoms with Gasteiger partial charge in [0.2, 0.25) is 0 Å². The van der Waals surface area contributed by atoms with E-state index < -0.39 is 0 Å². The van der Waals surface area contributed by atoms with Gasteiger partial charge in [0.25, 0.3) is 0 Å². The fourth-order valence-corrected chi connectivity index (χ4v) is 3.21. The number of benzene rings is 2. The van der Waals surface area contributed by atoms with Crippen molar-refractivity contribution in [2.45, 2.75) is 25.3 Å². The van der Waals surface area contributed by atoms with E-state index in [1.54, 1.807) is 0 Å². The fourth-order valence-electron chi connectivity index (χ4n) is 3.21. The van der Waals surface area contributed by atoms with Crippen LogP contribution < -0.4 is 0 Å². The van der Waals surface area contributed by atoms with E-state index in [2.05, 4.69) is 74.8 Å². The second-order valence-electron chi connectivity index (χ2n) is 6.51. The number of hydrogen-bond donors (Lipinski definition) is 1. The van der Waals surface area contributed by atoms with Crippen molar-refractivity contribution in [1.29, 1.82) is 0 Å². The van der Waals surface area contributed by atoms with E-state index in [1.165, 1.54) is 11.1 Å². The minimum atomic E-state index is 0.300. The molecule has 0 unspecified atom stereocenters. The van der Waals surface area contributed by atoms with Crippen LogP contribution in [0.2, 0.25) is 0 Å². The van der Waals surface area contributed by atoms with Gasteiger partial charge >= 0.3 is 0 Å². The second kappa shape index (κ2) is 8.11. The highest BCUT2D eigenvalue weighted by atomic mass is 16.2. The van der Waals surface area contributed by atoms with Gasteiger partial charge in [-0.05, 0) is 19.3 Å². The van der Waals surface area contributed by atoms with Crippen molar-refractivity contribution in [2.75, 3.05) is 27.2 Å². The van der Waals surface area contributed by atoms with Gasteiger partial charge < -0.3 is 9.59 Å². The van der Waals surface area contributed by atoms with Crippen LogP contribution >= 0.6 is 0 Å². The van der Waals surface area contributed by atoms with Gasteiger partial charge in [-0.2, -0.15) is 0 Å². The van der Waals surface area contributed by atoms with Crippen molar-refractivity contribution in [1.82, 2.24) is 0 Å². The third kappa shape index (κ3) is 4.43. The van der Waals surface area contributed by atoms with E-state index in [0.717, 1.165) is 30.3 Å². The maximum Gasteiger partial charge on any atom is 0.140 e. The highest BCUT2D eigenvalue weighted by Crippen LogP contribution is 2.32. The SMILES string of the molecule is C[N+](C)(CCCCCO)C(c1ccccc1)c1ccccc1. The van der Waals surface area contributed by atoms with Gasteiger partial charge in [0.05, 0.1) is 20.6 Å². The van der Waals surface area contributed by atoms with E-state index in [9.17, 15) is 0 Å². The fraction of sp³-hybridized carbons (Fsp3) is 0.400. The van der Waals surface area contributed by atoms with Gasteiger partial charge in [-0.3, -0.25) is 0 Å². The number of rotatable bonds is 8. The summed E-state index contributed by atoms with van der Waals surface area (Å²) in [5, 5.41) is 8.96. The standard InChI is InChI=1S/C20H28NO/c1-21(2,16-10-5-11-17-22)20(18-12-6-3-7-13-18)19-14-8-4-9-15-19/h3-4,6-9,12-15,20,22H,5,10-11,16-17H2,1-2H3/q+1. The predicted molar refractivity (Wildman–Crippen MR) is 92.6 cm³/mol. The molecule has 2 aromatic carbocycles. The van der Waals surface area contributed by atoms with Crippen LogP contribution in [0.25, 0.3) is 0 Å². The van der Waals surface area contributed by atoms with Crippen LogP contribution in [0.3, 0.4) is 0 Å². The highest BCUT2D eigenvalue weighted by molar-refractivity contribution is 5.29. The first-order valence-corrected chi connectivity index (χ1v) is 8.18. The quantitative estimate of drug-likeness (QED) is 0.576. The monoisotopic (exact) mass is 298 g/mol. The maximum atomic E-state index is 8.96. The van der Waals surface area contributed by atoms with Crippen LogP contribution in [0.5, 0.6) is 0 Å². The second-order valence-corrected chi connectivity index (χ2v) is 6.51. The molecule has 0 aliphatic rings. The number of quaternary nitrogens is 1. The average Bonchev–Trinajstić information content (AvgIpc) is 2.54. The Bertz CT molecular complexity index is 497. The Kier molecular flexibility index (Phi) is 6.17. The molecule has 0 aromatic heterocycles. The molecule has 0 radical (unpaired) electrons. The zero-order chi connectivity index (χ0) is 15.8. The summed E-state index contributed by atoms with van der Waals surface area (Å²) in [6.07, 6.45) is 3.14. The van der Waals surface area contributed by atoms with Crippen LogP contribution in [-0.2, 0) is 0 Å². The Morgan fingerprint density at radius 2 is 1.27 bits per heavy atom. The minimum Gasteiger partial charge on any atom is -0.396 e. The lowest BCUT2D eigenvalue weighted by Gasteiger charge is -2.39. The van der Waals surface area contributed by atoms with Crippen LogP contribution in [0, 0.1) is 0 Å². The first kappa shape index (κ1) is 16.7. The molecular weight excluding hydrogens is 270 g/mol. The number of unbranched alkanes of at least 4 members (excludes halogenated alkanes) is 2. The molecule has 118 valence electrons. The Balaban J connectivity index is 2.24. The molecule has 0 aliphatic carbocycles. The van der Waals surface area contributed by atoms with Gasteiger partial charge in [-0.1, -0.05) is 60.7 Å². The van der Waals surface area contributed by atoms with Crippen molar-refractivity contribution in [3.05, 3.63) is 71.8 Å². The number of hydrogen-bond acceptors (Lipinski definition) is 1. The van der Waals surface area contributed by atoms with Crippen molar-refractivity contribution < 1.29 is 9.59 Å². The molecule has 22 heavy (non-hydrogen) atoms. The lowest BCUT2D eigenvalue weighted by molar-refractivity contribution is -0.915. The molecule has 0 amide bonds. The van der Waals surface area contributed by atoms with Gasteiger partial charge in [-0.15, -0.1) is 0 Å². The molecule has 0 saturated carbocycles. The van der Waals surface area contributed by atoms with Crippen molar-refractivity contribution in [3.8, 4) is 0 Å². The molecule has 0 heterocycles. The molecule has 0 saturated heterocycles. The van der Waals surface area contributed by atoms with E-state index >= 15 is 0 Å². The molecule has 1 N–H and O–H groups in total. The zero-order valence-electron chi connectivity index (χ0n) is 13.8. The molecule has 2 rings (SSSR count). The van der Waals surface area contributed by atoms with Gasteiger partial charge in [0, 0.05) is 17.7 Å². The van der Waals surface area contributed by atoms with E-state index in [0.29, 0.717) is 12.6 Å². The summed E-state index contributed by atoms with van der Waals surface area (Å²) in [5.41, 5.74) is 2.72. The molecule has 0 aliphatic heterocycles. The average molecular weight is 298 g/mol.